The predicted molar refractivity (Wildman–Crippen MR) is 96.2 cm³/mol. The number of nitrogens with one attached hydrogen (secondary N) is 1. The summed E-state index contributed by atoms with van der Waals surface area (Å²) in [5.74, 6) is -0.639. The summed E-state index contributed by atoms with van der Waals surface area (Å²) in [6.07, 6.45) is 0. The van der Waals surface area contributed by atoms with Gasteiger partial charge in [0.25, 0.3) is 0 Å². The zero-order valence-electron chi connectivity index (χ0n) is 14.4. The quantitative estimate of drug-likeness (QED) is 0.811. The van der Waals surface area contributed by atoms with Gasteiger partial charge in [0.15, 0.2) is 6.79 Å². The van der Waals surface area contributed by atoms with Crippen LogP contribution in [0.4, 0.5) is 10.1 Å². The molecule has 0 aliphatic carbocycles. The topological polar surface area (TPSA) is 73.9 Å². The Bertz CT molecular complexity index is 933. The Kier molecular flexibility index (Phi) is 4.75. The molecular formula is C19H16FNO5S. The molecule has 8 heteroatoms. The highest BCUT2D eigenvalue weighted by atomic mass is 32.2. The SMILES string of the molecule is CC1Sc2ccc(C(=O)OCc3cc(F)cc4c3OCOC4)cc2NC1=O. The highest BCUT2D eigenvalue weighted by molar-refractivity contribution is 8.00. The van der Waals surface area contributed by atoms with Gasteiger partial charge in [-0.3, -0.25) is 4.79 Å². The molecular weight excluding hydrogens is 373 g/mol. The van der Waals surface area contributed by atoms with Gasteiger partial charge in [0.2, 0.25) is 5.91 Å². The maximum absolute atomic E-state index is 13.8. The number of hydrogen-bond acceptors (Lipinski definition) is 6. The second kappa shape index (κ2) is 7.21. The van der Waals surface area contributed by atoms with Gasteiger partial charge in [-0.2, -0.15) is 0 Å². The van der Waals surface area contributed by atoms with Crippen molar-refractivity contribution in [1.29, 1.82) is 0 Å². The number of ether oxygens (including phenoxy) is 3. The number of fused-ring (bicyclic) bond motifs is 2. The Morgan fingerprint density at radius 2 is 2.22 bits per heavy atom. The molecule has 6 nitrogen and oxygen atoms in total. The van der Waals surface area contributed by atoms with E-state index in [9.17, 15) is 14.0 Å². The van der Waals surface area contributed by atoms with E-state index < -0.39 is 11.8 Å². The van der Waals surface area contributed by atoms with Crippen LogP contribution in [0.5, 0.6) is 5.75 Å². The minimum absolute atomic E-state index is 0.0696. The van der Waals surface area contributed by atoms with Crippen LogP contribution in [0.25, 0.3) is 0 Å². The molecule has 27 heavy (non-hydrogen) atoms. The van der Waals surface area contributed by atoms with Crippen molar-refractivity contribution in [1.82, 2.24) is 0 Å². The van der Waals surface area contributed by atoms with Crippen molar-refractivity contribution in [3.63, 3.8) is 0 Å². The molecule has 2 aliphatic heterocycles. The van der Waals surface area contributed by atoms with E-state index in [1.165, 1.54) is 23.9 Å². The smallest absolute Gasteiger partial charge is 0.338 e. The Morgan fingerprint density at radius 1 is 1.37 bits per heavy atom. The molecule has 2 aromatic carbocycles. The summed E-state index contributed by atoms with van der Waals surface area (Å²) in [7, 11) is 0. The second-order valence-corrected chi connectivity index (χ2v) is 7.58. The number of thioether (sulfide) groups is 1. The number of rotatable bonds is 3. The number of carbonyl (C=O) groups excluding carboxylic acids is 2. The van der Waals surface area contributed by atoms with Crippen LogP contribution in [-0.4, -0.2) is 23.9 Å². The first-order valence-corrected chi connectivity index (χ1v) is 9.20. The standard InChI is InChI=1S/C19H16FNO5S/c1-10-18(22)21-15-6-11(2-3-16(15)27-10)19(23)25-8-13-5-14(20)4-12-7-24-9-26-17(12)13/h2-6,10H,7-9H2,1H3,(H,21,22). The fourth-order valence-electron chi connectivity index (χ4n) is 2.93. The Hall–Kier alpha value is -2.58. The van der Waals surface area contributed by atoms with Gasteiger partial charge >= 0.3 is 5.97 Å². The lowest BCUT2D eigenvalue weighted by Gasteiger charge is -2.22. The molecule has 0 radical (unpaired) electrons. The van der Waals surface area contributed by atoms with Gasteiger partial charge in [0.1, 0.15) is 18.2 Å². The van der Waals surface area contributed by atoms with E-state index in [-0.39, 0.29) is 31.2 Å². The lowest BCUT2D eigenvalue weighted by molar-refractivity contribution is -0.115. The van der Waals surface area contributed by atoms with Crippen molar-refractivity contribution in [2.45, 2.75) is 30.3 Å². The van der Waals surface area contributed by atoms with E-state index >= 15 is 0 Å². The van der Waals surface area contributed by atoms with Crippen LogP contribution < -0.4 is 10.1 Å². The summed E-state index contributed by atoms with van der Waals surface area (Å²) < 4.78 is 29.6. The zero-order valence-corrected chi connectivity index (χ0v) is 15.2. The molecule has 4 rings (SSSR count). The fourth-order valence-corrected chi connectivity index (χ4v) is 3.86. The monoisotopic (exact) mass is 389 g/mol. The molecule has 0 saturated heterocycles. The van der Waals surface area contributed by atoms with Crippen LogP contribution >= 0.6 is 11.8 Å². The lowest BCUT2D eigenvalue weighted by atomic mass is 10.1. The molecule has 2 aromatic rings. The lowest BCUT2D eigenvalue weighted by Crippen LogP contribution is -2.26. The van der Waals surface area contributed by atoms with Gasteiger partial charge in [0.05, 0.1) is 23.1 Å². The van der Waals surface area contributed by atoms with Crippen LogP contribution in [0.2, 0.25) is 0 Å². The van der Waals surface area contributed by atoms with Crippen LogP contribution in [0.3, 0.4) is 0 Å². The van der Waals surface area contributed by atoms with Crippen LogP contribution in [0, 0.1) is 5.82 Å². The molecule has 0 saturated carbocycles. The van der Waals surface area contributed by atoms with Gasteiger partial charge in [-0.15, -0.1) is 11.8 Å². The Labute approximate surface area is 159 Å². The second-order valence-electron chi connectivity index (χ2n) is 6.20. The van der Waals surface area contributed by atoms with E-state index in [0.717, 1.165) is 4.90 Å². The van der Waals surface area contributed by atoms with Crippen LogP contribution in [-0.2, 0) is 27.5 Å². The van der Waals surface area contributed by atoms with E-state index in [1.54, 1.807) is 18.2 Å². The average molecular weight is 389 g/mol. The molecule has 140 valence electrons. The molecule has 2 heterocycles. The molecule has 2 aliphatic rings. The minimum Gasteiger partial charge on any atom is -0.467 e. The number of benzene rings is 2. The van der Waals surface area contributed by atoms with Crippen LogP contribution in [0.1, 0.15) is 28.4 Å². The molecule has 0 spiro atoms. The molecule has 1 N–H and O–H groups in total. The van der Waals surface area contributed by atoms with Gasteiger partial charge < -0.3 is 19.5 Å². The average Bonchev–Trinajstić information content (AvgIpc) is 2.66. The number of esters is 1. The molecule has 0 fully saturated rings. The first-order chi connectivity index (χ1) is 13.0. The summed E-state index contributed by atoms with van der Waals surface area (Å²) in [6.45, 7) is 2.00. The van der Waals surface area contributed by atoms with E-state index in [0.29, 0.717) is 28.1 Å². The number of halogens is 1. The zero-order chi connectivity index (χ0) is 19.0. The first-order valence-electron chi connectivity index (χ1n) is 8.32. The maximum Gasteiger partial charge on any atom is 0.338 e. The highest BCUT2D eigenvalue weighted by Gasteiger charge is 2.24. The van der Waals surface area contributed by atoms with Crippen LogP contribution in [0.15, 0.2) is 35.2 Å². The van der Waals surface area contributed by atoms with Gasteiger partial charge in [-0.1, -0.05) is 0 Å². The highest BCUT2D eigenvalue weighted by Crippen LogP contribution is 2.36. The molecule has 1 atom stereocenters. The number of hydrogen-bond donors (Lipinski definition) is 1. The minimum atomic E-state index is -0.569. The number of anilines is 1. The molecule has 1 unspecified atom stereocenters. The predicted octanol–water partition coefficient (Wildman–Crippen LogP) is 3.48. The Balaban J connectivity index is 1.50. The fraction of sp³-hybridized carbons (Fsp3) is 0.263. The summed E-state index contributed by atoms with van der Waals surface area (Å²) in [6, 6.07) is 7.62. The van der Waals surface area contributed by atoms with Gasteiger partial charge in [0, 0.05) is 16.0 Å². The first kappa shape index (κ1) is 17.8. The third-order valence-electron chi connectivity index (χ3n) is 4.26. The van der Waals surface area contributed by atoms with E-state index in [2.05, 4.69) is 5.32 Å². The van der Waals surface area contributed by atoms with Crippen molar-refractivity contribution in [3.05, 3.63) is 52.8 Å². The van der Waals surface area contributed by atoms with E-state index in [4.69, 9.17) is 14.2 Å². The van der Waals surface area contributed by atoms with Crippen molar-refractivity contribution < 1.29 is 28.2 Å². The van der Waals surface area contributed by atoms with Crippen molar-refractivity contribution >= 4 is 29.3 Å². The summed E-state index contributed by atoms with van der Waals surface area (Å²) >= 11 is 1.43. The normalized spacial score (nSPS) is 18.0. The largest absolute Gasteiger partial charge is 0.467 e. The van der Waals surface area contributed by atoms with E-state index in [1.807, 2.05) is 6.92 Å². The number of amides is 1. The number of carbonyl (C=O) groups is 2. The summed E-state index contributed by atoms with van der Waals surface area (Å²) in [5.41, 5.74) is 1.91. The van der Waals surface area contributed by atoms with Crippen molar-refractivity contribution in [3.8, 4) is 5.75 Å². The van der Waals surface area contributed by atoms with Crippen molar-refractivity contribution in [2.75, 3.05) is 12.1 Å². The molecule has 0 aromatic heterocycles. The third-order valence-corrected chi connectivity index (χ3v) is 5.43. The summed E-state index contributed by atoms with van der Waals surface area (Å²) in [4.78, 5) is 25.1. The van der Waals surface area contributed by atoms with Crippen molar-refractivity contribution in [2.24, 2.45) is 0 Å². The third kappa shape index (κ3) is 3.63. The maximum atomic E-state index is 13.8. The molecule has 0 bridgehead atoms. The van der Waals surface area contributed by atoms with Gasteiger partial charge in [-0.25, -0.2) is 9.18 Å². The molecule has 1 amide bonds. The van der Waals surface area contributed by atoms with Gasteiger partial charge in [-0.05, 0) is 37.3 Å². The Morgan fingerprint density at radius 3 is 3.07 bits per heavy atom. The summed E-state index contributed by atoms with van der Waals surface area (Å²) in [5, 5.41) is 2.59.